The molecule has 0 heterocycles. The van der Waals surface area contributed by atoms with Crippen LogP contribution >= 0.6 is 0 Å². The van der Waals surface area contributed by atoms with Gasteiger partial charge in [0.25, 0.3) is 11.6 Å². The van der Waals surface area contributed by atoms with Crippen LogP contribution in [-0.2, 0) is 6.18 Å². The van der Waals surface area contributed by atoms with Crippen LogP contribution in [0.2, 0.25) is 0 Å². The van der Waals surface area contributed by atoms with Crippen molar-refractivity contribution < 1.29 is 28.0 Å². The fourth-order valence-electron chi connectivity index (χ4n) is 2.22. The number of aliphatic hydroxyl groups excluding tert-OH is 1. The monoisotopic (exact) mass is 332 g/mol. The van der Waals surface area contributed by atoms with Crippen LogP contribution in [0.5, 0.6) is 0 Å². The van der Waals surface area contributed by atoms with Crippen LogP contribution in [-0.4, -0.2) is 40.5 Å². The van der Waals surface area contributed by atoms with Gasteiger partial charge in [0, 0.05) is 31.3 Å². The Morgan fingerprint density at radius 3 is 2.52 bits per heavy atom. The summed E-state index contributed by atoms with van der Waals surface area (Å²) < 4.78 is 38.4. The molecular weight excluding hydrogens is 317 g/mol. The molecule has 1 unspecified atom stereocenters. The molecule has 126 valence electrons. The second kappa shape index (κ2) is 6.15. The molecule has 0 aromatic heterocycles. The number of nitro groups is 1. The van der Waals surface area contributed by atoms with Crippen LogP contribution in [0.25, 0.3) is 0 Å². The van der Waals surface area contributed by atoms with Gasteiger partial charge in [-0.3, -0.25) is 14.9 Å². The second-order valence-electron chi connectivity index (χ2n) is 5.61. The number of hydrogen-bond donors (Lipinski definition) is 1. The third-order valence-corrected chi connectivity index (χ3v) is 3.68. The number of nitrogens with zero attached hydrogens (tertiary/aromatic N) is 2. The number of alkyl halides is 3. The standard InChI is InChI=1S/C14H15F3N2O4/c1-18(7-12(20)8-2-3-8)13(21)9-4-10(14(15,16)17)6-11(5-9)19(22)23/h4-6,8,12,20H,2-3,7H2,1H3. The van der Waals surface area contributed by atoms with Crippen molar-refractivity contribution in [3.63, 3.8) is 0 Å². The third-order valence-electron chi connectivity index (χ3n) is 3.68. The number of likely N-dealkylation sites (N-methyl/N-ethyl adjacent to an activating group) is 1. The maximum Gasteiger partial charge on any atom is 0.416 e. The zero-order valence-electron chi connectivity index (χ0n) is 12.2. The fraction of sp³-hybridized carbons (Fsp3) is 0.500. The summed E-state index contributed by atoms with van der Waals surface area (Å²) in [4.78, 5) is 23.1. The van der Waals surface area contributed by atoms with E-state index in [9.17, 15) is 33.2 Å². The van der Waals surface area contributed by atoms with Gasteiger partial charge in [-0.2, -0.15) is 13.2 Å². The number of amides is 1. The molecule has 1 fully saturated rings. The minimum absolute atomic E-state index is 0.0342. The first-order valence-electron chi connectivity index (χ1n) is 6.90. The first-order valence-corrected chi connectivity index (χ1v) is 6.90. The smallest absolute Gasteiger partial charge is 0.391 e. The predicted molar refractivity (Wildman–Crippen MR) is 73.8 cm³/mol. The number of rotatable bonds is 5. The van der Waals surface area contributed by atoms with E-state index in [1.807, 2.05) is 0 Å². The maximum atomic E-state index is 12.8. The number of carbonyl (C=O) groups excluding carboxylic acids is 1. The van der Waals surface area contributed by atoms with Crippen molar-refractivity contribution in [2.75, 3.05) is 13.6 Å². The number of aliphatic hydroxyl groups is 1. The Labute approximate surface area is 129 Å². The molecule has 9 heteroatoms. The topological polar surface area (TPSA) is 83.7 Å². The van der Waals surface area contributed by atoms with Crippen molar-refractivity contribution in [1.82, 2.24) is 4.90 Å². The van der Waals surface area contributed by atoms with Gasteiger partial charge in [-0.05, 0) is 24.8 Å². The lowest BCUT2D eigenvalue weighted by Crippen LogP contribution is -2.35. The normalized spacial score (nSPS) is 16.0. The molecule has 1 N–H and O–H groups in total. The number of halogens is 3. The van der Waals surface area contributed by atoms with Gasteiger partial charge in [0.15, 0.2) is 0 Å². The predicted octanol–water partition coefficient (Wildman–Crippen LogP) is 2.46. The number of carbonyl (C=O) groups is 1. The zero-order valence-corrected chi connectivity index (χ0v) is 12.2. The molecule has 1 saturated carbocycles. The summed E-state index contributed by atoms with van der Waals surface area (Å²) in [5.41, 5.74) is -2.50. The average molecular weight is 332 g/mol. The van der Waals surface area contributed by atoms with Gasteiger partial charge in [-0.15, -0.1) is 0 Å². The van der Waals surface area contributed by atoms with Gasteiger partial charge in [0.05, 0.1) is 16.6 Å². The Balaban J connectivity index is 2.27. The molecule has 0 saturated heterocycles. The lowest BCUT2D eigenvalue weighted by molar-refractivity contribution is -0.385. The van der Waals surface area contributed by atoms with Gasteiger partial charge in [-0.1, -0.05) is 0 Å². The lowest BCUT2D eigenvalue weighted by Gasteiger charge is -2.21. The molecule has 1 aliphatic rings. The molecule has 1 amide bonds. The highest BCUT2D eigenvalue weighted by atomic mass is 19.4. The Hall–Kier alpha value is -2.16. The Morgan fingerprint density at radius 1 is 1.43 bits per heavy atom. The van der Waals surface area contributed by atoms with Crippen LogP contribution in [0.15, 0.2) is 18.2 Å². The molecular formula is C14H15F3N2O4. The molecule has 1 atom stereocenters. The van der Waals surface area contributed by atoms with E-state index in [1.165, 1.54) is 7.05 Å². The number of benzene rings is 1. The Morgan fingerprint density at radius 2 is 2.04 bits per heavy atom. The summed E-state index contributed by atoms with van der Waals surface area (Å²) in [5.74, 6) is -0.708. The minimum atomic E-state index is -4.80. The van der Waals surface area contributed by atoms with Crippen LogP contribution < -0.4 is 0 Å². The van der Waals surface area contributed by atoms with Crippen LogP contribution in [0.4, 0.5) is 18.9 Å². The van der Waals surface area contributed by atoms with E-state index in [-0.39, 0.29) is 12.5 Å². The average Bonchev–Trinajstić information content (AvgIpc) is 3.29. The highest BCUT2D eigenvalue weighted by molar-refractivity contribution is 5.95. The minimum Gasteiger partial charge on any atom is -0.391 e. The fourth-order valence-corrected chi connectivity index (χ4v) is 2.22. The number of nitro benzene ring substituents is 1. The van der Waals surface area contributed by atoms with Crippen molar-refractivity contribution in [2.24, 2.45) is 5.92 Å². The van der Waals surface area contributed by atoms with E-state index >= 15 is 0 Å². The molecule has 23 heavy (non-hydrogen) atoms. The highest BCUT2D eigenvalue weighted by Crippen LogP contribution is 2.34. The van der Waals surface area contributed by atoms with E-state index in [0.29, 0.717) is 12.1 Å². The summed E-state index contributed by atoms with van der Waals surface area (Å²) >= 11 is 0. The Kier molecular flexibility index (Phi) is 4.60. The second-order valence-corrected chi connectivity index (χ2v) is 5.61. The van der Waals surface area contributed by atoms with E-state index < -0.39 is 39.9 Å². The SMILES string of the molecule is CN(CC(O)C1CC1)C(=O)c1cc([N+](=O)[O-])cc(C(F)(F)F)c1. The van der Waals surface area contributed by atoms with Crippen LogP contribution in [0.1, 0.15) is 28.8 Å². The van der Waals surface area contributed by atoms with Gasteiger partial charge in [0.1, 0.15) is 0 Å². The molecule has 0 spiro atoms. The first kappa shape index (κ1) is 17.2. The zero-order chi connectivity index (χ0) is 17.4. The third kappa shape index (κ3) is 4.19. The van der Waals surface area contributed by atoms with Crippen molar-refractivity contribution >= 4 is 11.6 Å². The van der Waals surface area contributed by atoms with E-state index in [0.717, 1.165) is 23.8 Å². The van der Waals surface area contributed by atoms with Gasteiger partial charge >= 0.3 is 6.18 Å². The summed E-state index contributed by atoms with van der Waals surface area (Å²) in [6.45, 7) is -0.0342. The van der Waals surface area contributed by atoms with E-state index in [4.69, 9.17) is 0 Å². The molecule has 0 bridgehead atoms. The summed E-state index contributed by atoms with van der Waals surface area (Å²) in [6, 6.07) is 1.77. The quantitative estimate of drug-likeness (QED) is 0.663. The molecule has 1 aromatic rings. The van der Waals surface area contributed by atoms with Crippen molar-refractivity contribution in [2.45, 2.75) is 25.1 Å². The van der Waals surface area contributed by atoms with Gasteiger partial charge in [-0.25, -0.2) is 0 Å². The Bertz CT molecular complexity index is 629. The van der Waals surface area contributed by atoms with Crippen LogP contribution in [0, 0.1) is 16.0 Å². The number of hydrogen-bond acceptors (Lipinski definition) is 4. The van der Waals surface area contributed by atoms with Crippen molar-refractivity contribution in [3.05, 3.63) is 39.4 Å². The maximum absolute atomic E-state index is 12.8. The lowest BCUT2D eigenvalue weighted by atomic mass is 10.1. The van der Waals surface area contributed by atoms with Crippen molar-refractivity contribution in [1.29, 1.82) is 0 Å². The van der Waals surface area contributed by atoms with Crippen molar-refractivity contribution in [3.8, 4) is 0 Å². The molecule has 1 aromatic carbocycles. The van der Waals surface area contributed by atoms with Gasteiger partial charge < -0.3 is 10.0 Å². The summed E-state index contributed by atoms with van der Waals surface area (Å²) in [5, 5.41) is 20.6. The molecule has 0 radical (unpaired) electrons. The van der Waals surface area contributed by atoms with E-state index in [1.54, 1.807) is 0 Å². The highest BCUT2D eigenvalue weighted by Gasteiger charge is 2.35. The first-order chi connectivity index (χ1) is 10.6. The molecule has 0 aliphatic heterocycles. The molecule has 1 aliphatic carbocycles. The molecule has 6 nitrogen and oxygen atoms in total. The number of non-ortho nitro benzene ring substituents is 1. The summed E-state index contributed by atoms with van der Waals surface area (Å²) in [6.07, 6.45) is -3.85. The van der Waals surface area contributed by atoms with Gasteiger partial charge in [0.2, 0.25) is 0 Å². The van der Waals surface area contributed by atoms with E-state index in [2.05, 4.69) is 0 Å². The van der Waals surface area contributed by atoms with Crippen LogP contribution in [0.3, 0.4) is 0 Å². The summed E-state index contributed by atoms with van der Waals surface area (Å²) in [7, 11) is 1.33. The molecule has 2 rings (SSSR count). The largest absolute Gasteiger partial charge is 0.416 e.